The lowest BCUT2D eigenvalue weighted by atomic mass is 9.82. The van der Waals surface area contributed by atoms with Crippen molar-refractivity contribution in [3.63, 3.8) is 0 Å². The molecule has 246 valence electrons. The lowest BCUT2D eigenvalue weighted by Crippen LogP contribution is -2.14. The predicted molar refractivity (Wildman–Crippen MR) is 213 cm³/mol. The standard InChI is InChI=1S/C48H34N4/c1-48(2)41-22-11-9-20-37(41)39-29-40-38-21-10-12-23-43(38)52(44(40)30-42(39)48)36-26-24-33(25-27-36)46-49-45(32-16-7-4-8-17-32)50-47(51-46)35-19-13-18-34(28-35)31-14-5-3-6-15-31/h3-30H,1-2H3. The Morgan fingerprint density at radius 1 is 0.385 bits per heavy atom. The van der Waals surface area contributed by atoms with Crippen molar-refractivity contribution in [2.24, 2.45) is 0 Å². The first-order chi connectivity index (χ1) is 25.5. The van der Waals surface area contributed by atoms with Crippen LogP contribution in [-0.2, 0) is 5.41 Å². The van der Waals surface area contributed by atoms with E-state index in [2.05, 4.69) is 152 Å². The highest BCUT2D eigenvalue weighted by atomic mass is 15.0. The predicted octanol–water partition coefficient (Wildman–Crippen LogP) is 11.9. The summed E-state index contributed by atoms with van der Waals surface area (Å²) < 4.78 is 2.40. The van der Waals surface area contributed by atoms with Gasteiger partial charge < -0.3 is 4.57 Å². The molecule has 10 rings (SSSR count). The van der Waals surface area contributed by atoms with Gasteiger partial charge in [0.25, 0.3) is 0 Å². The maximum absolute atomic E-state index is 5.07. The number of nitrogens with zero attached hydrogens (tertiary/aromatic N) is 4. The fraction of sp³-hybridized carbons (Fsp3) is 0.0625. The fourth-order valence-electron chi connectivity index (χ4n) is 8.02. The molecule has 4 heteroatoms. The summed E-state index contributed by atoms with van der Waals surface area (Å²) in [5, 5.41) is 2.51. The summed E-state index contributed by atoms with van der Waals surface area (Å²) in [5.41, 5.74) is 13.9. The van der Waals surface area contributed by atoms with Crippen LogP contribution in [-0.4, -0.2) is 19.5 Å². The number of rotatable bonds is 5. The summed E-state index contributed by atoms with van der Waals surface area (Å²) >= 11 is 0. The van der Waals surface area contributed by atoms with Crippen LogP contribution in [0.15, 0.2) is 170 Å². The van der Waals surface area contributed by atoms with E-state index in [1.54, 1.807) is 0 Å². The molecule has 52 heavy (non-hydrogen) atoms. The van der Waals surface area contributed by atoms with Gasteiger partial charge in [-0.15, -0.1) is 0 Å². The second-order valence-corrected chi connectivity index (χ2v) is 14.1. The largest absolute Gasteiger partial charge is 0.309 e. The van der Waals surface area contributed by atoms with Crippen LogP contribution in [0.4, 0.5) is 0 Å². The first-order valence-corrected chi connectivity index (χ1v) is 17.8. The molecular formula is C48H34N4. The highest BCUT2D eigenvalue weighted by Crippen LogP contribution is 2.51. The Balaban J connectivity index is 1.11. The molecule has 2 heterocycles. The molecule has 1 aliphatic rings. The quantitative estimate of drug-likeness (QED) is 0.184. The van der Waals surface area contributed by atoms with Gasteiger partial charge in [0.05, 0.1) is 11.0 Å². The highest BCUT2D eigenvalue weighted by molar-refractivity contribution is 6.11. The van der Waals surface area contributed by atoms with Crippen LogP contribution in [0.1, 0.15) is 25.0 Å². The third-order valence-corrected chi connectivity index (χ3v) is 10.7. The number of para-hydroxylation sites is 1. The van der Waals surface area contributed by atoms with Crippen LogP contribution < -0.4 is 0 Å². The molecule has 9 aromatic rings. The van der Waals surface area contributed by atoms with Crippen molar-refractivity contribution < 1.29 is 0 Å². The maximum Gasteiger partial charge on any atom is 0.164 e. The molecule has 0 unspecified atom stereocenters. The average molecular weight is 667 g/mol. The Morgan fingerprint density at radius 2 is 0.962 bits per heavy atom. The Bertz CT molecular complexity index is 2800. The van der Waals surface area contributed by atoms with Crippen molar-refractivity contribution in [1.29, 1.82) is 0 Å². The van der Waals surface area contributed by atoms with E-state index >= 15 is 0 Å². The minimum absolute atomic E-state index is 0.0846. The number of hydrogen-bond donors (Lipinski definition) is 0. The molecule has 0 N–H and O–H groups in total. The first-order valence-electron chi connectivity index (χ1n) is 17.8. The van der Waals surface area contributed by atoms with E-state index in [-0.39, 0.29) is 5.41 Å². The van der Waals surface area contributed by atoms with E-state index in [9.17, 15) is 0 Å². The van der Waals surface area contributed by atoms with Gasteiger partial charge in [0, 0.05) is 38.6 Å². The van der Waals surface area contributed by atoms with Crippen LogP contribution in [0.3, 0.4) is 0 Å². The summed E-state index contributed by atoms with van der Waals surface area (Å²) in [6, 6.07) is 60.0. The van der Waals surface area contributed by atoms with E-state index in [0.717, 1.165) is 33.5 Å². The number of aromatic nitrogens is 4. The molecule has 0 aliphatic heterocycles. The molecular weight excluding hydrogens is 633 g/mol. The molecule has 2 aromatic heterocycles. The summed E-state index contributed by atoms with van der Waals surface area (Å²) in [6.45, 7) is 4.69. The monoisotopic (exact) mass is 666 g/mol. The van der Waals surface area contributed by atoms with Gasteiger partial charge >= 0.3 is 0 Å². The third-order valence-electron chi connectivity index (χ3n) is 10.7. The number of benzene rings is 7. The van der Waals surface area contributed by atoms with Gasteiger partial charge in [-0.1, -0.05) is 135 Å². The molecule has 4 nitrogen and oxygen atoms in total. The maximum atomic E-state index is 5.07. The molecule has 0 saturated heterocycles. The van der Waals surface area contributed by atoms with Crippen LogP contribution in [0.2, 0.25) is 0 Å². The van der Waals surface area contributed by atoms with Gasteiger partial charge in [-0.2, -0.15) is 0 Å². The topological polar surface area (TPSA) is 43.6 Å². The second-order valence-electron chi connectivity index (χ2n) is 14.1. The summed E-state index contributed by atoms with van der Waals surface area (Å²) in [7, 11) is 0. The summed E-state index contributed by atoms with van der Waals surface area (Å²) in [5.74, 6) is 1.93. The van der Waals surface area contributed by atoms with Crippen LogP contribution in [0.25, 0.3) is 83.9 Å². The molecule has 0 amide bonds. The molecule has 0 bridgehead atoms. The van der Waals surface area contributed by atoms with Gasteiger partial charge in [-0.05, 0) is 81.9 Å². The molecule has 0 spiro atoms. The van der Waals surface area contributed by atoms with E-state index in [0.29, 0.717) is 17.5 Å². The summed E-state index contributed by atoms with van der Waals surface area (Å²) in [6.07, 6.45) is 0. The minimum Gasteiger partial charge on any atom is -0.309 e. The van der Waals surface area contributed by atoms with Crippen molar-refractivity contribution in [3.05, 3.63) is 181 Å². The van der Waals surface area contributed by atoms with Gasteiger partial charge in [0.15, 0.2) is 17.5 Å². The van der Waals surface area contributed by atoms with Crippen molar-refractivity contribution in [1.82, 2.24) is 19.5 Å². The zero-order chi connectivity index (χ0) is 34.8. The highest BCUT2D eigenvalue weighted by Gasteiger charge is 2.36. The second kappa shape index (κ2) is 11.7. The normalized spacial score (nSPS) is 13.0. The Hall–Kier alpha value is -6.65. The Kier molecular flexibility index (Phi) is 6.80. The molecule has 7 aromatic carbocycles. The molecule has 1 aliphatic carbocycles. The van der Waals surface area contributed by atoms with E-state index < -0.39 is 0 Å². The Morgan fingerprint density at radius 3 is 1.71 bits per heavy atom. The number of fused-ring (bicyclic) bond motifs is 6. The van der Waals surface area contributed by atoms with Gasteiger partial charge in [0.2, 0.25) is 0 Å². The van der Waals surface area contributed by atoms with E-state index in [4.69, 9.17) is 15.0 Å². The average Bonchev–Trinajstić information content (AvgIpc) is 3.65. The lowest BCUT2D eigenvalue weighted by molar-refractivity contribution is 0.661. The van der Waals surface area contributed by atoms with E-state index in [1.807, 2.05) is 36.4 Å². The van der Waals surface area contributed by atoms with Crippen molar-refractivity contribution in [2.75, 3.05) is 0 Å². The molecule has 0 fully saturated rings. The third kappa shape index (κ3) is 4.79. The van der Waals surface area contributed by atoms with Crippen LogP contribution in [0, 0.1) is 0 Å². The molecule has 0 radical (unpaired) electrons. The SMILES string of the molecule is CC1(C)c2ccccc2-c2cc3c4ccccc4n(-c4ccc(-c5nc(-c6ccccc6)nc(-c6cccc(-c7ccccc7)c6)n5)cc4)c3cc21. The summed E-state index contributed by atoms with van der Waals surface area (Å²) in [4.78, 5) is 15.1. The first kappa shape index (κ1) is 30.2. The Labute approximate surface area is 302 Å². The zero-order valence-corrected chi connectivity index (χ0v) is 29.0. The van der Waals surface area contributed by atoms with Gasteiger partial charge in [-0.3, -0.25) is 0 Å². The molecule has 0 saturated carbocycles. The fourth-order valence-corrected chi connectivity index (χ4v) is 8.02. The van der Waals surface area contributed by atoms with Crippen LogP contribution in [0.5, 0.6) is 0 Å². The van der Waals surface area contributed by atoms with E-state index in [1.165, 1.54) is 44.1 Å². The number of hydrogen-bond acceptors (Lipinski definition) is 3. The zero-order valence-electron chi connectivity index (χ0n) is 29.0. The van der Waals surface area contributed by atoms with Gasteiger partial charge in [-0.25, -0.2) is 15.0 Å². The minimum atomic E-state index is -0.0846. The molecule has 0 atom stereocenters. The van der Waals surface area contributed by atoms with Gasteiger partial charge in [0.1, 0.15) is 0 Å². The van der Waals surface area contributed by atoms with Crippen molar-refractivity contribution >= 4 is 21.8 Å². The van der Waals surface area contributed by atoms with Crippen LogP contribution >= 0.6 is 0 Å². The van der Waals surface area contributed by atoms with Crippen molar-refractivity contribution in [3.8, 4) is 62.1 Å². The lowest BCUT2D eigenvalue weighted by Gasteiger charge is -2.21. The smallest absolute Gasteiger partial charge is 0.164 e. The van der Waals surface area contributed by atoms with Crippen molar-refractivity contribution in [2.45, 2.75) is 19.3 Å².